The van der Waals surface area contributed by atoms with Crippen molar-refractivity contribution >= 4 is 5.69 Å². The van der Waals surface area contributed by atoms with Gasteiger partial charge in [-0.05, 0) is 42.5 Å². The molecular formula is C18H30N2. The number of rotatable bonds is 3. The number of benzene rings is 1. The van der Waals surface area contributed by atoms with Gasteiger partial charge in [-0.1, -0.05) is 39.8 Å². The highest BCUT2D eigenvalue weighted by atomic mass is 15.2. The molecule has 0 saturated carbocycles. The molecule has 1 saturated heterocycles. The van der Waals surface area contributed by atoms with Gasteiger partial charge in [-0.25, -0.2) is 0 Å². The lowest BCUT2D eigenvalue weighted by Gasteiger charge is -2.34. The lowest BCUT2D eigenvalue weighted by atomic mass is 9.82. The van der Waals surface area contributed by atoms with Crippen LogP contribution in [0, 0.1) is 5.41 Å². The average Bonchev–Trinajstić information content (AvgIpc) is 2.38. The normalized spacial score (nSPS) is 19.1. The average molecular weight is 274 g/mol. The standard InChI is InChI=1S/C18H30N2/c1-15(14-18(2,3)4)16-6-8-17(9-7-16)20-12-10-19(5)11-13-20/h6-9,15H,10-14H2,1-5H3. The van der Waals surface area contributed by atoms with Gasteiger partial charge in [-0.15, -0.1) is 0 Å². The number of piperazine rings is 1. The van der Waals surface area contributed by atoms with Crippen LogP contribution in [0.4, 0.5) is 5.69 Å². The maximum absolute atomic E-state index is 2.50. The summed E-state index contributed by atoms with van der Waals surface area (Å²) in [6, 6.07) is 9.26. The molecule has 0 spiro atoms. The van der Waals surface area contributed by atoms with E-state index in [2.05, 4.69) is 68.8 Å². The van der Waals surface area contributed by atoms with E-state index in [1.807, 2.05) is 0 Å². The minimum Gasteiger partial charge on any atom is -0.369 e. The second kappa shape index (κ2) is 6.17. The fourth-order valence-corrected chi connectivity index (χ4v) is 3.11. The van der Waals surface area contributed by atoms with Gasteiger partial charge in [0, 0.05) is 31.9 Å². The Labute approximate surface area is 124 Å². The first-order valence-electron chi connectivity index (χ1n) is 7.88. The molecule has 1 aliphatic rings. The third kappa shape index (κ3) is 4.24. The molecule has 1 aliphatic heterocycles. The molecule has 2 rings (SSSR count). The third-order valence-electron chi connectivity index (χ3n) is 4.25. The Morgan fingerprint density at radius 3 is 2.05 bits per heavy atom. The van der Waals surface area contributed by atoms with Crippen LogP contribution in [0.15, 0.2) is 24.3 Å². The first-order chi connectivity index (χ1) is 9.35. The van der Waals surface area contributed by atoms with E-state index in [1.54, 1.807) is 0 Å². The lowest BCUT2D eigenvalue weighted by Crippen LogP contribution is -2.44. The quantitative estimate of drug-likeness (QED) is 0.822. The van der Waals surface area contributed by atoms with Gasteiger partial charge in [0.25, 0.3) is 0 Å². The Morgan fingerprint density at radius 1 is 1.00 bits per heavy atom. The number of anilines is 1. The summed E-state index contributed by atoms with van der Waals surface area (Å²) in [6.45, 7) is 13.9. The summed E-state index contributed by atoms with van der Waals surface area (Å²) in [6.07, 6.45) is 1.24. The first kappa shape index (κ1) is 15.4. The minimum absolute atomic E-state index is 0.398. The van der Waals surface area contributed by atoms with E-state index >= 15 is 0 Å². The first-order valence-corrected chi connectivity index (χ1v) is 7.88. The SMILES string of the molecule is CC(CC(C)(C)C)c1ccc(N2CCN(C)CC2)cc1. The molecule has 0 amide bonds. The summed E-state index contributed by atoms with van der Waals surface area (Å²) in [5, 5.41) is 0. The van der Waals surface area contributed by atoms with E-state index < -0.39 is 0 Å². The molecular weight excluding hydrogens is 244 g/mol. The molecule has 2 nitrogen and oxygen atoms in total. The van der Waals surface area contributed by atoms with Crippen molar-refractivity contribution < 1.29 is 0 Å². The summed E-state index contributed by atoms with van der Waals surface area (Å²) in [5.74, 6) is 0.636. The molecule has 1 heterocycles. The van der Waals surface area contributed by atoms with Crippen LogP contribution in [0.2, 0.25) is 0 Å². The maximum Gasteiger partial charge on any atom is 0.0367 e. The molecule has 0 aliphatic carbocycles. The van der Waals surface area contributed by atoms with Crippen molar-refractivity contribution in [3.05, 3.63) is 29.8 Å². The highest BCUT2D eigenvalue weighted by Gasteiger charge is 2.18. The molecule has 1 unspecified atom stereocenters. The summed E-state index contributed by atoms with van der Waals surface area (Å²) < 4.78 is 0. The Hall–Kier alpha value is -1.02. The topological polar surface area (TPSA) is 6.48 Å². The van der Waals surface area contributed by atoms with E-state index in [0.29, 0.717) is 11.3 Å². The van der Waals surface area contributed by atoms with Crippen molar-refractivity contribution in [2.75, 3.05) is 38.1 Å². The summed E-state index contributed by atoms with van der Waals surface area (Å²) >= 11 is 0. The summed E-state index contributed by atoms with van der Waals surface area (Å²) in [4.78, 5) is 4.90. The molecule has 1 aromatic carbocycles. The Bertz CT molecular complexity index is 408. The predicted molar refractivity (Wildman–Crippen MR) is 88.6 cm³/mol. The fraction of sp³-hybridized carbons (Fsp3) is 0.667. The largest absolute Gasteiger partial charge is 0.369 e. The van der Waals surface area contributed by atoms with Crippen LogP contribution >= 0.6 is 0 Å². The second-order valence-corrected chi connectivity index (χ2v) is 7.55. The number of likely N-dealkylation sites (N-methyl/N-ethyl adjacent to an activating group) is 1. The molecule has 112 valence electrons. The smallest absolute Gasteiger partial charge is 0.0367 e. The Kier molecular flexibility index (Phi) is 4.74. The van der Waals surface area contributed by atoms with Crippen molar-refractivity contribution in [2.24, 2.45) is 5.41 Å². The van der Waals surface area contributed by atoms with Crippen molar-refractivity contribution in [2.45, 2.75) is 40.0 Å². The zero-order valence-corrected chi connectivity index (χ0v) is 13.8. The molecule has 1 aromatic rings. The number of hydrogen-bond acceptors (Lipinski definition) is 2. The van der Waals surface area contributed by atoms with Crippen LogP contribution in [0.1, 0.15) is 45.6 Å². The molecule has 0 aromatic heterocycles. The molecule has 20 heavy (non-hydrogen) atoms. The van der Waals surface area contributed by atoms with E-state index in [4.69, 9.17) is 0 Å². The zero-order chi connectivity index (χ0) is 14.8. The number of nitrogens with zero attached hydrogens (tertiary/aromatic N) is 2. The molecule has 0 radical (unpaired) electrons. The lowest BCUT2D eigenvalue weighted by molar-refractivity contribution is 0.313. The van der Waals surface area contributed by atoms with Crippen LogP contribution in [0.25, 0.3) is 0 Å². The van der Waals surface area contributed by atoms with Crippen LogP contribution in [0.5, 0.6) is 0 Å². The molecule has 0 N–H and O–H groups in total. The van der Waals surface area contributed by atoms with Crippen molar-refractivity contribution in [1.82, 2.24) is 4.90 Å². The predicted octanol–water partition coefficient (Wildman–Crippen LogP) is 3.98. The number of hydrogen-bond donors (Lipinski definition) is 0. The van der Waals surface area contributed by atoms with E-state index in [1.165, 1.54) is 30.8 Å². The summed E-state index contributed by atoms with van der Waals surface area (Å²) in [7, 11) is 2.20. The maximum atomic E-state index is 2.50. The zero-order valence-electron chi connectivity index (χ0n) is 13.8. The molecule has 1 fully saturated rings. The van der Waals surface area contributed by atoms with Gasteiger partial charge < -0.3 is 9.80 Å². The highest BCUT2D eigenvalue weighted by molar-refractivity contribution is 5.48. The Morgan fingerprint density at radius 2 is 1.55 bits per heavy atom. The van der Waals surface area contributed by atoms with E-state index in [9.17, 15) is 0 Å². The van der Waals surface area contributed by atoms with E-state index in [0.717, 1.165) is 13.1 Å². The van der Waals surface area contributed by atoms with Crippen molar-refractivity contribution in [3.8, 4) is 0 Å². The monoisotopic (exact) mass is 274 g/mol. The van der Waals surface area contributed by atoms with Gasteiger partial charge in [0.1, 0.15) is 0 Å². The van der Waals surface area contributed by atoms with Gasteiger partial charge in [0.05, 0.1) is 0 Å². The Balaban J connectivity index is 1.99. The van der Waals surface area contributed by atoms with Gasteiger partial charge in [0.2, 0.25) is 0 Å². The van der Waals surface area contributed by atoms with Gasteiger partial charge in [-0.3, -0.25) is 0 Å². The molecule has 1 atom stereocenters. The molecule has 2 heteroatoms. The van der Waals surface area contributed by atoms with Crippen molar-refractivity contribution in [1.29, 1.82) is 0 Å². The summed E-state index contributed by atoms with van der Waals surface area (Å²) in [5.41, 5.74) is 3.25. The molecule has 0 bridgehead atoms. The fourth-order valence-electron chi connectivity index (χ4n) is 3.11. The highest BCUT2D eigenvalue weighted by Crippen LogP contribution is 2.31. The van der Waals surface area contributed by atoms with Gasteiger partial charge in [0.15, 0.2) is 0 Å². The minimum atomic E-state index is 0.398. The van der Waals surface area contributed by atoms with Crippen LogP contribution in [-0.4, -0.2) is 38.1 Å². The van der Waals surface area contributed by atoms with Gasteiger partial charge >= 0.3 is 0 Å². The second-order valence-electron chi connectivity index (χ2n) is 7.55. The van der Waals surface area contributed by atoms with Gasteiger partial charge in [-0.2, -0.15) is 0 Å². The van der Waals surface area contributed by atoms with E-state index in [-0.39, 0.29) is 0 Å². The van der Waals surface area contributed by atoms with Crippen LogP contribution in [-0.2, 0) is 0 Å². The van der Waals surface area contributed by atoms with Crippen molar-refractivity contribution in [3.63, 3.8) is 0 Å². The van der Waals surface area contributed by atoms with Crippen LogP contribution < -0.4 is 4.90 Å². The van der Waals surface area contributed by atoms with Crippen LogP contribution in [0.3, 0.4) is 0 Å². The third-order valence-corrected chi connectivity index (χ3v) is 4.25.